The van der Waals surface area contributed by atoms with Crippen molar-refractivity contribution in [2.45, 2.75) is 6.54 Å². The molecule has 0 atom stereocenters. The number of pyridine rings is 1. The molecule has 0 aliphatic carbocycles. The average molecular weight is 424 g/mol. The number of halogens is 1. The van der Waals surface area contributed by atoms with E-state index >= 15 is 0 Å². The van der Waals surface area contributed by atoms with E-state index in [0.29, 0.717) is 28.2 Å². The number of aromatic nitrogens is 5. The van der Waals surface area contributed by atoms with Crippen molar-refractivity contribution in [3.8, 4) is 0 Å². The van der Waals surface area contributed by atoms with E-state index in [9.17, 15) is 4.79 Å². The number of fused-ring (bicyclic) bond motifs is 1. The maximum atomic E-state index is 12.3. The van der Waals surface area contributed by atoms with Gasteiger partial charge in [-0.15, -0.1) is 0 Å². The Hall–Kier alpha value is -3.33. The van der Waals surface area contributed by atoms with Gasteiger partial charge < -0.3 is 10.6 Å². The van der Waals surface area contributed by atoms with Gasteiger partial charge in [-0.05, 0) is 51.8 Å². The molecule has 0 aliphatic rings. The molecule has 0 saturated carbocycles. The normalized spacial score (nSPS) is 10.7. The molecule has 134 valence electrons. The third-order valence-corrected chi connectivity index (χ3v) is 4.39. The predicted molar refractivity (Wildman–Crippen MR) is 104 cm³/mol. The summed E-state index contributed by atoms with van der Waals surface area (Å²) in [5, 5.41) is 10.2. The summed E-state index contributed by atoms with van der Waals surface area (Å²) in [5.74, 6) is 0.427. The molecule has 0 unspecified atom stereocenters. The van der Waals surface area contributed by atoms with Crippen LogP contribution in [0.25, 0.3) is 5.65 Å². The largest absolute Gasteiger partial charge is 0.348 e. The molecule has 9 heteroatoms. The highest BCUT2D eigenvalue weighted by Gasteiger charge is 2.09. The number of amides is 1. The number of carbonyl (C=O) groups is 1. The Morgan fingerprint density at radius 3 is 2.74 bits per heavy atom. The lowest BCUT2D eigenvalue weighted by molar-refractivity contribution is 0.0951. The smallest absolute Gasteiger partial charge is 0.251 e. The minimum absolute atomic E-state index is 0.146. The first kappa shape index (κ1) is 17.1. The summed E-state index contributed by atoms with van der Waals surface area (Å²) in [7, 11) is 0. The molecular formula is C18H14BrN7O. The summed E-state index contributed by atoms with van der Waals surface area (Å²) >= 11 is 3.37. The monoisotopic (exact) mass is 423 g/mol. The van der Waals surface area contributed by atoms with E-state index in [1.54, 1.807) is 35.2 Å². The third kappa shape index (κ3) is 3.77. The Labute approximate surface area is 162 Å². The zero-order valence-electron chi connectivity index (χ0n) is 14.0. The summed E-state index contributed by atoms with van der Waals surface area (Å²) in [6.07, 6.45) is 6.53. The molecule has 0 aliphatic heterocycles. The molecule has 0 saturated heterocycles. The van der Waals surface area contributed by atoms with Gasteiger partial charge in [-0.25, -0.2) is 14.5 Å². The van der Waals surface area contributed by atoms with E-state index < -0.39 is 0 Å². The molecule has 3 heterocycles. The van der Waals surface area contributed by atoms with E-state index in [0.717, 1.165) is 11.3 Å². The van der Waals surface area contributed by atoms with Crippen LogP contribution in [0.2, 0.25) is 0 Å². The topological polar surface area (TPSA) is 97.1 Å². The highest BCUT2D eigenvalue weighted by Crippen LogP contribution is 2.21. The van der Waals surface area contributed by atoms with E-state index in [1.807, 2.05) is 24.3 Å². The van der Waals surface area contributed by atoms with E-state index in [2.05, 4.69) is 46.6 Å². The van der Waals surface area contributed by atoms with Gasteiger partial charge in [-0.3, -0.25) is 9.78 Å². The van der Waals surface area contributed by atoms with Crippen LogP contribution in [0.4, 0.5) is 11.5 Å². The van der Waals surface area contributed by atoms with E-state index in [1.165, 1.54) is 6.33 Å². The molecule has 0 bridgehead atoms. The molecule has 3 aromatic heterocycles. The summed E-state index contributed by atoms with van der Waals surface area (Å²) < 4.78 is 2.34. The van der Waals surface area contributed by atoms with Crippen LogP contribution in [0.1, 0.15) is 15.9 Å². The fourth-order valence-electron chi connectivity index (χ4n) is 2.51. The van der Waals surface area contributed by atoms with Crippen LogP contribution < -0.4 is 10.6 Å². The molecule has 8 nitrogen and oxygen atoms in total. The van der Waals surface area contributed by atoms with Crippen molar-refractivity contribution < 1.29 is 4.79 Å². The van der Waals surface area contributed by atoms with Gasteiger partial charge in [0.05, 0.1) is 6.20 Å². The average Bonchev–Trinajstić information content (AvgIpc) is 3.21. The highest BCUT2D eigenvalue weighted by atomic mass is 79.9. The van der Waals surface area contributed by atoms with Crippen molar-refractivity contribution in [1.82, 2.24) is 29.9 Å². The fraction of sp³-hybridized carbons (Fsp3) is 0.0556. The molecule has 2 N–H and O–H groups in total. The second-order valence-corrected chi connectivity index (χ2v) is 6.48. The van der Waals surface area contributed by atoms with Crippen LogP contribution in [0.3, 0.4) is 0 Å². The van der Waals surface area contributed by atoms with Gasteiger partial charge in [0.15, 0.2) is 11.5 Å². The number of benzene rings is 1. The standard InChI is InChI=1S/C18H14BrN7O/c19-15-10-21-16(17-23-11-24-26(15)17)25-14-5-3-13(4-6-14)18(27)22-9-12-2-1-7-20-8-12/h1-8,10-11H,9H2,(H,21,25)(H,22,27). The Balaban J connectivity index is 1.44. The number of carbonyl (C=O) groups excluding carboxylic acids is 1. The first-order valence-electron chi connectivity index (χ1n) is 8.09. The first-order valence-corrected chi connectivity index (χ1v) is 8.88. The lowest BCUT2D eigenvalue weighted by atomic mass is 10.2. The van der Waals surface area contributed by atoms with Crippen molar-refractivity contribution in [3.63, 3.8) is 0 Å². The van der Waals surface area contributed by atoms with Gasteiger partial charge in [0.1, 0.15) is 10.9 Å². The van der Waals surface area contributed by atoms with Gasteiger partial charge in [-0.2, -0.15) is 5.10 Å². The zero-order chi connectivity index (χ0) is 18.6. The second-order valence-electron chi connectivity index (χ2n) is 5.67. The molecule has 0 fully saturated rings. The van der Waals surface area contributed by atoms with Crippen LogP contribution in [-0.4, -0.2) is 30.5 Å². The minimum Gasteiger partial charge on any atom is -0.348 e. The van der Waals surface area contributed by atoms with Gasteiger partial charge in [0, 0.05) is 30.2 Å². The van der Waals surface area contributed by atoms with Crippen LogP contribution in [-0.2, 0) is 6.54 Å². The van der Waals surface area contributed by atoms with Crippen molar-refractivity contribution >= 4 is 39.0 Å². The van der Waals surface area contributed by atoms with Crippen molar-refractivity contribution in [2.75, 3.05) is 5.32 Å². The lowest BCUT2D eigenvalue weighted by Crippen LogP contribution is -2.22. The van der Waals surface area contributed by atoms with Gasteiger partial charge in [-0.1, -0.05) is 6.07 Å². The van der Waals surface area contributed by atoms with Crippen LogP contribution in [0.15, 0.2) is 65.9 Å². The summed E-state index contributed by atoms with van der Waals surface area (Å²) in [4.78, 5) is 24.8. The fourth-order valence-corrected chi connectivity index (χ4v) is 2.87. The summed E-state index contributed by atoms with van der Waals surface area (Å²) in [6, 6.07) is 10.9. The maximum Gasteiger partial charge on any atom is 0.251 e. The second kappa shape index (κ2) is 7.50. The number of rotatable bonds is 5. The Kier molecular flexibility index (Phi) is 4.75. The Bertz CT molecular complexity index is 1080. The number of anilines is 2. The SMILES string of the molecule is O=C(NCc1cccnc1)c1ccc(Nc2ncc(Br)n3ncnc23)cc1. The Morgan fingerprint density at radius 2 is 1.96 bits per heavy atom. The quantitative estimate of drug-likeness (QED) is 0.512. The van der Waals surface area contributed by atoms with Crippen LogP contribution in [0, 0.1) is 0 Å². The maximum absolute atomic E-state index is 12.3. The molecule has 1 aromatic carbocycles. The number of nitrogens with one attached hydrogen (secondary N) is 2. The Morgan fingerprint density at radius 1 is 1.11 bits per heavy atom. The van der Waals surface area contributed by atoms with E-state index in [4.69, 9.17) is 0 Å². The molecule has 4 aromatic rings. The molecule has 27 heavy (non-hydrogen) atoms. The molecule has 0 spiro atoms. The number of hydrogen-bond acceptors (Lipinski definition) is 6. The molecule has 0 radical (unpaired) electrons. The van der Waals surface area contributed by atoms with Crippen molar-refractivity contribution in [1.29, 1.82) is 0 Å². The molecular weight excluding hydrogens is 410 g/mol. The summed E-state index contributed by atoms with van der Waals surface area (Å²) in [6.45, 7) is 0.431. The highest BCUT2D eigenvalue weighted by molar-refractivity contribution is 9.10. The zero-order valence-corrected chi connectivity index (χ0v) is 15.6. The van der Waals surface area contributed by atoms with Crippen LogP contribution >= 0.6 is 15.9 Å². The predicted octanol–water partition coefficient (Wildman–Crippen LogP) is 2.96. The minimum atomic E-state index is -0.146. The lowest BCUT2D eigenvalue weighted by Gasteiger charge is -2.09. The van der Waals surface area contributed by atoms with Crippen molar-refractivity contribution in [2.24, 2.45) is 0 Å². The van der Waals surface area contributed by atoms with Gasteiger partial charge >= 0.3 is 0 Å². The van der Waals surface area contributed by atoms with Gasteiger partial charge in [0.25, 0.3) is 5.91 Å². The molecule has 1 amide bonds. The molecule has 4 rings (SSSR count). The summed E-state index contributed by atoms with van der Waals surface area (Å²) in [5.41, 5.74) is 2.91. The number of hydrogen-bond donors (Lipinski definition) is 2. The van der Waals surface area contributed by atoms with Crippen LogP contribution in [0.5, 0.6) is 0 Å². The first-order chi connectivity index (χ1) is 13.2. The number of nitrogens with zero attached hydrogens (tertiary/aromatic N) is 5. The van der Waals surface area contributed by atoms with E-state index in [-0.39, 0.29) is 5.91 Å². The van der Waals surface area contributed by atoms with Crippen molar-refractivity contribution in [3.05, 3.63) is 77.0 Å². The third-order valence-electron chi connectivity index (χ3n) is 3.85. The van der Waals surface area contributed by atoms with Gasteiger partial charge in [0.2, 0.25) is 0 Å².